The van der Waals surface area contributed by atoms with Crippen molar-refractivity contribution in [1.29, 1.82) is 0 Å². The fraction of sp³-hybridized carbons (Fsp3) is 0.273. The van der Waals surface area contributed by atoms with Crippen LogP contribution in [0.5, 0.6) is 11.5 Å². The molecule has 1 aromatic heterocycles. The van der Waals surface area contributed by atoms with E-state index in [2.05, 4.69) is 15.7 Å². The minimum atomic E-state index is -0.334. The average molecular weight is 412 g/mol. The molecule has 1 heterocycles. The SMILES string of the molecule is COc1ccc(OC)c(C(C)NCC(=O)Nc2cc(C)nn2-c2ccc(F)cc2)c1. The van der Waals surface area contributed by atoms with E-state index in [-0.39, 0.29) is 24.3 Å². The van der Waals surface area contributed by atoms with Crippen molar-refractivity contribution in [3.05, 3.63) is 65.6 Å². The molecule has 0 radical (unpaired) electrons. The second-order valence-corrected chi connectivity index (χ2v) is 6.82. The van der Waals surface area contributed by atoms with Crippen LogP contribution in [0.1, 0.15) is 24.2 Å². The first-order chi connectivity index (χ1) is 14.4. The highest BCUT2D eigenvalue weighted by Crippen LogP contribution is 2.29. The molecule has 1 unspecified atom stereocenters. The molecule has 0 saturated carbocycles. The number of hydrogen-bond donors (Lipinski definition) is 2. The average Bonchev–Trinajstić information content (AvgIpc) is 3.11. The van der Waals surface area contributed by atoms with E-state index in [4.69, 9.17) is 9.47 Å². The first-order valence-electron chi connectivity index (χ1n) is 9.49. The molecule has 2 N–H and O–H groups in total. The molecule has 3 rings (SSSR count). The number of nitrogens with one attached hydrogen (secondary N) is 2. The molecule has 30 heavy (non-hydrogen) atoms. The molecule has 0 spiro atoms. The molecular weight excluding hydrogens is 387 g/mol. The maximum Gasteiger partial charge on any atom is 0.239 e. The van der Waals surface area contributed by atoms with Gasteiger partial charge in [0.2, 0.25) is 5.91 Å². The van der Waals surface area contributed by atoms with Crippen LogP contribution in [-0.2, 0) is 4.79 Å². The highest BCUT2D eigenvalue weighted by atomic mass is 19.1. The summed E-state index contributed by atoms with van der Waals surface area (Å²) in [6.45, 7) is 3.84. The molecule has 158 valence electrons. The number of carbonyl (C=O) groups excluding carboxylic acids is 1. The lowest BCUT2D eigenvalue weighted by Crippen LogP contribution is -2.30. The van der Waals surface area contributed by atoms with Gasteiger partial charge in [0.25, 0.3) is 0 Å². The third-order valence-corrected chi connectivity index (χ3v) is 4.64. The molecular formula is C22H25FN4O3. The van der Waals surface area contributed by atoms with Crippen molar-refractivity contribution in [2.45, 2.75) is 19.9 Å². The first-order valence-corrected chi connectivity index (χ1v) is 9.49. The Hall–Kier alpha value is -3.39. The van der Waals surface area contributed by atoms with Crippen molar-refractivity contribution >= 4 is 11.7 Å². The van der Waals surface area contributed by atoms with Gasteiger partial charge in [0.1, 0.15) is 23.1 Å². The lowest BCUT2D eigenvalue weighted by atomic mass is 10.1. The van der Waals surface area contributed by atoms with Crippen molar-refractivity contribution in [1.82, 2.24) is 15.1 Å². The van der Waals surface area contributed by atoms with Crippen molar-refractivity contribution in [2.24, 2.45) is 0 Å². The summed E-state index contributed by atoms with van der Waals surface area (Å²) in [6.07, 6.45) is 0. The molecule has 2 aromatic carbocycles. The van der Waals surface area contributed by atoms with Gasteiger partial charge in [0, 0.05) is 17.7 Å². The lowest BCUT2D eigenvalue weighted by Gasteiger charge is -2.18. The van der Waals surface area contributed by atoms with Gasteiger partial charge < -0.3 is 20.1 Å². The number of ether oxygens (including phenoxy) is 2. The molecule has 0 aliphatic carbocycles. The van der Waals surface area contributed by atoms with Crippen LogP contribution in [0.4, 0.5) is 10.2 Å². The molecule has 0 aliphatic heterocycles. The number of rotatable bonds is 8. The molecule has 7 nitrogen and oxygen atoms in total. The van der Waals surface area contributed by atoms with Crippen molar-refractivity contribution < 1.29 is 18.7 Å². The maximum atomic E-state index is 13.2. The van der Waals surface area contributed by atoms with Crippen LogP contribution in [0.15, 0.2) is 48.5 Å². The van der Waals surface area contributed by atoms with Gasteiger partial charge in [-0.15, -0.1) is 0 Å². The Morgan fingerprint density at radius 2 is 1.87 bits per heavy atom. The number of anilines is 1. The Kier molecular flexibility index (Phi) is 6.68. The molecule has 0 bridgehead atoms. The molecule has 3 aromatic rings. The molecule has 0 saturated heterocycles. The zero-order chi connectivity index (χ0) is 21.7. The normalized spacial score (nSPS) is 11.8. The third-order valence-electron chi connectivity index (χ3n) is 4.64. The summed E-state index contributed by atoms with van der Waals surface area (Å²) < 4.78 is 25.5. The van der Waals surface area contributed by atoms with E-state index in [9.17, 15) is 9.18 Å². The zero-order valence-corrected chi connectivity index (χ0v) is 17.4. The largest absolute Gasteiger partial charge is 0.497 e. The maximum absolute atomic E-state index is 13.2. The van der Waals surface area contributed by atoms with Crippen LogP contribution >= 0.6 is 0 Å². The van der Waals surface area contributed by atoms with Crippen LogP contribution < -0.4 is 20.1 Å². The van der Waals surface area contributed by atoms with Gasteiger partial charge in [-0.3, -0.25) is 4.79 Å². The highest BCUT2D eigenvalue weighted by Gasteiger charge is 2.15. The van der Waals surface area contributed by atoms with Gasteiger partial charge in [-0.05, 0) is 56.3 Å². The van der Waals surface area contributed by atoms with Crippen molar-refractivity contribution in [2.75, 3.05) is 26.1 Å². The monoisotopic (exact) mass is 412 g/mol. The zero-order valence-electron chi connectivity index (χ0n) is 17.4. The number of hydrogen-bond acceptors (Lipinski definition) is 5. The molecule has 0 aliphatic rings. The van der Waals surface area contributed by atoms with E-state index in [0.29, 0.717) is 23.0 Å². The van der Waals surface area contributed by atoms with Crippen LogP contribution in [0.3, 0.4) is 0 Å². The molecule has 1 atom stereocenters. The first kappa shape index (κ1) is 21.3. The Morgan fingerprint density at radius 3 is 2.53 bits per heavy atom. The third kappa shape index (κ3) is 4.96. The van der Waals surface area contributed by atoms with Crippen molar-refractivity contribution in [3.63, 3.8) is 0 Å². The summed E-state index contributed by atoms with van der Waals surface area (Å²) in [4.78, 5) is 12.5. The van der Waals surface area contributed by atoms with E-state index in [1.807, 2.05) is 32.0 Å². The summed E-state index contributed by atoms with van der Waals surface area (Å²) in [5, 5.41) is 10.4. The highest BCUT2D eigenvalue weighted by molar-refractivity contribution is 5.91. The van der Waals surface area contributed by atoms with E-state index in [0.717, 1.165) is 11.3 Å². The van der Waals surface area contributed by atoms with Gasteiger partial charge in [-0.2, -0.15) is 5.10 Å². The molecule has 1 amide bonds. The summed E-state index contributed by atoms with van der Waals surface area (Å²) in [6, 6.07) is 13.0. The number of aryl methyl sites for hydroxylation is 1. The predicted molar refractivity (Wildman–Crippen MR) is 113 cm³/mol. The Balaban J connectivity index is 1.68. The molecule has 0 fully saturated rings. The fourth-order valence-electron chi connectivity index (χ4n) is 3.09. The lowest BCUT2D eigenvalue weighted by molar-refractivity contribution is -0.115. The Bertz CT molecular complexity index is 1020. The van der Waals surface area contributed by atoms with Crippen LogP contribution in [0.2, 0.25) is 0 Å². The quantitative estimate of drug-likeness (QED) is 0.591. The topological polar surface area (TPSA) is 77.4 Å². The number of halogens is 1. The van der Waals surface area contributed by atoms with Crippen LogP contribution in [-0.4, -0.2) is 36.5 Å². The van der Waals surface area contributed by atoms with Crippen LogP contribution in [0, 0.1) is 12.7 Å². The number of aromatic nitrogens is 2. The second-order valence-electron chi connectivity index (χ2n) is 6.82. The Morgan fingerprint density at radius 1 is 1.13 bits per heavy atom. The minimum absolute atomic E-state index is 0.0785. The Labute approximate surface area is 174 Å². The van der Waals surface area contributed by atoms with Gasteiger partial charge in [0.05, 0.1) is 32.1 Å². The van der Waals surface area contributed by atoms with E-state index in [1.165, 1.54) is 12.1 Å². The van der Waals surface area contributed by atoms with Gasteiger partial charge in [-0.1, -0.05) is 0 Å². The number of carbonyl (C=O) groups is 1. The van der Waals surface area contributed by atoms with E-state index < -0.39 is 0 Å². The fourth-order valence-corrected chi connectivity index (χ4v) is 3.09. The minimum Gasteiger partial charge on any atom is -0.497 e. The number of methoxy groups -OCH3 is 2. The number of benzene rings is 2. The van der Waals surface area contributed by atoms with Crippen molar-refractivity contribution in [3.8, 4) is 17.2 Å². The predicted octanol–water partition coefficient (Wildman–Crippen LogP) is 3.63. The van der Waals surface area contributed by atoms with Gasteiger partial charge in [-0.25, -0.2) is 9.07 Å². The summed E-state index contributed by atoms with van der Waals surface area (Å²) in [7, 11) is 3.20. The van der Waals surface area contributed by atoms with E-state index >= 15 is 0 Å². The van der Waals surface area contributed by atoms with E-state index in [1.54, 1.807) is 37.1 Å². The second kappa shape index (κ2) is 9.41. The van der Waals surface area contributed by atoms with Gasteiger partial charge >= 0.3 is 0 Å². The summed E-state index contributed by atoms with van der Waals surface area (Å²) >= 11 is 0. The smallest absolute Gasteiger partial charge is 0.239 e. The van der Waals surface area contributed by atoms with Crippen LogP contribution in [0.25, 0.3) is 5.69 Å². The number of amides is 1. The summed E-state index contributed by atoms with van der Waals surface area (Å²) in [5.41, 5.74) is 2.27. The standard InChI is InChI=1S/C22H25FN4O3/c1-14-11-21(27(26-14)17-7-5-16(23)6-8-17)25-22(28)13-24-15(2)19-12-18(29-3)9-10-20(19)30-4/h5-12,15,24H,13H2,1-4H3,(H,25,28). The summed E-state index contributed by atoms with van der Waals surface area (Å²) in [5.74, 6) is 1.37. The number of nitrogens with zero attached hydrogens (tertiary/aromatic N) is 2. The molecule has 8 heteroatoms. The van der Waals surface area contributed by atoms with Gasteiger partial charge in [0.15, 0.2) is 0 Å².